The Morgan fingerprint density at radius 3 is 2.94 bits per heavy atom. The lowest BCUT2D eigenvalue weighted by Gasteiger charge is -2.24. The van der Waals surface area contributed by atoms with Crippen molar-refractivity contribution in [3.05, 3.63) is 23.8 Å². The molecule has 18 heavy (non-hydrogen) atoms. The highest BCUT2D eigenvalue weighted by atomic mass is 16.4. The molecule has 0 unspecified atom stereocenters. The zero-order valence-corrected chi connectivity index (χ0v) is 10.9. The van der Waals surface area contributed by atoms with Crippen LogP contribution in [0.25, 0.3) is 0 Å². The predicted octanol–water partition coefficient (Wildman–Crippen LogP) is 2.52. The molecule has 1 aliphatic heterocycles. The van der Waals surface area contributed by atoms with Gasteiger partial charge in [0.2, 0.25) is 0 Å². The number of benzene rings is 1. The largest absolute Gasteiger partial charge is 0.480 e. The van der Waals surface area contributed by atoms with Gasteiger partial charge < -0.3 is 15.3 Å². The molecule has 1 aromatic rings. The van der Waals surface area contributed by atoms with E-state index in [0.717, 1.165) is 30.9 Å². The van der Waals surface area contributed by atoms with Crippen LogP contribution >= 0.6 is 0 Å². The van der Waals surface area contributed by atoms with E-state index in [4.69, 9.17) is 5.11 Å². The van der Waals surface area contributed by atoms with E-state index in [1.807, 2.05) is 17.0 Å². The highest BCUT2D eigenvalue weighted by Crippen LogP contribution is 2.35. The molecule has 0 atom stereocenters. The van der Waals surface area contributed by atoms with E-state index in [2.05, 4.69) is 25.2 Å². The number of fused-ring (bicyclic) bond motifs is 1. The Hall–Kier alpha value is -1.71. The first kappa shape index (κ1) is 12.7. The van der Waals surface area contributed by atoms with Crippen LogP contribution in [0.1, 0.15) is 31.7 Å². The lowest BCUT2D eigenvalue weighted by atomic mass is 9.99. The van der Waals surface area contributed by atoms with Gasteiger partial charge in [-0.25, -0.2) is 0 Å². The topological polar surface area (TPSA) is 52.6 Å². The molecule has 4 nitrogen and oxygen atoms in total. The van der Waals surface area contributed by atoms with Gasteiger partial charge in [-0.05, 0) is 24.0 Å². The number of carboxylic acid groups (broad SMARTS) is 1. The number of anilines is 2. The maximum Gasteiger partial charge on any atom is 0.323 e. The Bertz CT molecular complexity index is 443. The Balaban J connectivity index is 2.42. The van der Waals surface area contributed by atoms with Crippen molar-refractivity contribution in [2.45, 2.75) is 26.2 Å². The van der Waals surface area contributed by atoms with Gasteiger partial charge in [0, 0.05) is 13.1 Å². The zero-order valence-electron chi connectivity index (χ0n) is 10.9. The van der Waals surface area contributed by atoms with E-state index in [0.29, 0.717) is 5.92 Å². The summed E-state index contributed by atoms with van der Waals surface area (Å²) in [5.74, 6) is -0.352. The molecule has 0 bridgehead atoms. The molecule has 1 heterocycles. The fourth-order valence-corrected chi connectivity index (χ4v) is 2.43. The maximum absolute atomic E-state index is 10.9. The molecule has 0 aromatic heterocycles. The van der Waals surface area contributed by atoms with E-state index < -0.39 is 5.97 Å². The summed E-state index contributed by atoms with van der Waals surface area (Å²) in [7, 11) is 0. The van der Waals surface area contributed by atoms with Gasteiger partial charge in [0.1, 0.15) is 6.54 Å². The number of hydrogen-bond donors (Lipinski definition) is 2. The summed E-state index contributed by atoms with van der Waals surface area (Å²) in [5.41, 5.74) is 3.37. The number of carboxylic acids is 1. The van der Waals surface area contributed by atoms with Gasteiger partial charge in [-0.1, -0.05) is 26.0 Å². The number of nitrogens with zero attached hydrogens (tertiary/aromatic N) is 1. The Morgan fingerprint density at radius 2 is 2.28 bits per heavy atom. The molecular formula is C14H20N2O2. The fourth-order valence-electron chi connectivity index (χ4n) is 2.43. The van der Waals surface area contributed by atoms with Gasteiger partial charge >= 0.3 is 5.97 Å². The average molecular weight is 248 g/mol. The van der Waals surface area contributed by atoms with Gasteiger partial charge in [-0.2, -0.15) is 0 Å². The lowest BCUT2D eigenvalue weighted by molar-refractivity contribution is -0.135. The third kappa shape index (κ3) is 2.58. The Morgan fingerprint density at radius 1 is 1.50 bits per heavy atom. The van der Waals surface area contributed by atoms with Crippen molar-refractivity contribution in [3.63, 3.8) is 0 Å². The normalized spacial score (nSPS) is 14.9. The second-order valence-electron chi connectivity index (χ2n) is 4.99. The van der Waals surface area contributed by atoms with Gasteiger partial charge in [-0.3, -0.25) is 4.79 Å². The first-order chi connectivity index (χ1) is 8.59. The minimum Gasteiger partial charge on any atom is -0.480 e. The fraction of sp³-hybridized carbons (Fsp3) is 0.500. The monoisotopic (exact) mass is 248 g/mol. The molecule has 2 rings (SSSR count). The third-order valence-corrected chi connectivity index (χ3v) is 3.27. The summed E-state index contributed by atoms with van der Waals surface area (Å²) in [6.07, 6.45) is 0.958. The van der Waals surface area contributed by atoms with Crippen molar-refractivity contribution in [3.8, 4) is 0 Å². The SMILES string of the molecule is CC(C)c1cccc2c1NCCCN2CC(=O)O. The molecule has 0 saturated heterocycles. The van der Waals surface area contributed by atoms with Crippen molar-refractivity contribution in [1.82, 2.24) is 0 Å². The molecule has 0 radical (unpaired) electrons. The molecule has 1 aliphatic rings. The minimum atomic E-state index is -0.780. The van der Waals surface area contributed by atoms with Crippen molar-refractivity contribution in [2.75, 3.05) is 29.9 Å². The predicted molar refractivity (Wildman–Crippen MR) is 73.5 cm³/mol. The molecule has 0 amide bonds. The molecular weight excluding hydrogens is 228 g/mol. The van der Waals surface area contributed by atoms with Crippen molar-refractivity contribution >= 4 is 17.3 Å². The van der Waals surface area contributed by atoms with Crippen LogP contribution < -0.4 is 10.2 Å². The Kier molecular flexibility index (Phi) is 3.75. The van der Waals surface area contributed by atoms with Crippen LogP contribution in [0.15, 0.2) is 18.2 Å². The summed E-state index contributed by atoms with van der Waals surface area (Å²) in [5, 5.41) is 12.4. The number of aliphatic carboxylic acids is 1. The van der Waals surface area contributed by atoms with Crippen LogP contribution in [0.5, 0.6) is 0 Å². The molecule has 0 fully saturated rings. The molecule has 2 N–H and O–H groups in total. The van der Waals surface area contributed by atoms with E-state index in [-0.39, 0.29) is 6.54 Å². The number of hydrogen-bond acceptors (Lipinski definition) is 3. The van der Waals surface area contributed by atoms with Crippen LogP contribution in [0.3, 0.4) is 0 Å². The van der Waals surface area contributed by atoms with Gasteiger partial charge in [0.05, 0.1) is 11.4 Å². The van der Waals surface area contributed by atoms with Crippen molar-refractivity contribution in [1.29, 1.82) is 0 Å². The van der Waals surface area contributed by atoms with E-state index >= 15 is 0 Å². The summed E-state index contributed by atoms with van der Waals surface area (Å²) < 4.78 is 0. The molecule has 98 valence electrons. The van der Waals surface area contributed by atoms with Crippen LogP contribution in [0.4, 0.5) is 11.4 Å². The summed E-state index contributed by atoms with van der Waals surface area (Å²) in [6, 6.07) is 6.12. The lowest BCUT2D eigenvalue weighted by Crippen LogP contribution is -2.30. The molecule has 0 aliphatic carbocycles. The summed E-state index contributed by atoms with van der Waals surface area (Å²) in [6.45, 7) is 6.06. The van der Waals surface area contributed by atoms with Crippen LogP contribution in [0.2, 0.25) is 0 Å². The number of rotatable bonds is 3. The third-order valence-electron chi connectivity index (χ3n) is 3.27. The minimum absolute atomic E-state index is 0.0657. The average Bonchev–Trinajstić information content (AvgIpc) is 2.51. The quantitative estimate of drug-likeness (QED) is 0.863. The van der Waals surface area contributed by atoms with E-state index in [9.17, 15) is 4.79 Å². The first-order valence-electron chi connectivity index (χ1n) is 6.43. The van der Waals surface area contributed by atoms with Crippen molar-refractivity contribution < 1.29 is 9.90 Å². The molecule has 0 spiro atoms. The van der Waals surface area contributed by atoms with Crippen LogP contribution in [0, 0.1) is 0 Å². The number of nitrogens with one attached hydrogen (secondary N) is 1. The van der Waals surface area contributed by atoms with Gasteiger partial charge in [0.15, 0.2) is 0 Å². The smallest absolute Gasteiger partial charge is 0.323 e. The van der Waals surface area contributed by atoms with Crippen LogP contribution in [-0.2, 0) is 4.79 Å². The Labute approximate surface area is 108 Å². The first-order valence-corrected chi connectivity index (χ1v) is 6.43. The highest BCUT2D eigenvalue weighted by molar-refractivity contribution is 5.80. The molecule has 1 aromatic carbocycles. The zero-order chi connectivity index (χ0) is 13.1. The summed E-state index contributed by atoms with van der Waals surface area (Å²) in [4.78, 5) is 12.9. The van der Waals surface area contributed by atoms with Gasteiger partial charge in [0.25, 0.3) is 0 Å². The van der Waals surface area contributed by atoms with E-state index in [1.54, 1.807) is 0 Å². The second-order valence-corrected chi connectivity index (χ2v) is 4.99. The highest BCUT2D eigenvalue weighted by Gasteiger charge is 2.20. The summed E-state index contributed by atoms with van der Waals surface area (Å²) >= 11 is 0. The standard InChI is InChI=1S/C14H20N2O2/c1-10(2)11-5-3-6-12-14(11)15-7-4-8-16(12)9-13(17)18/h3,5-6,10,15H,4,7-9H2,1-2H3,(H,17,18). The van der Waals surface area contributed by atoms with E-state index in [1.165, 1.54) is 5.56 Å². The second kappa shape index (κ2) is 5.29. The van der Waals surface area contributed by atoms with Crippen LogP contribution in [-0.4, -0.2) is 30.7 Å². The number of para-hydroxylation sites is 1. The maximum atomic E-state index is 10.9. The van der Waals surface area contributed by atoms with Crippen molar-refractivity contribution in [2.24, 2.45) is 0 Å². The van der Waals surface area contributed by atoms with Gasteiger partial charge in [-0.15, -0.1) is 0 Å². The number of carbonyl (C=O) groups is 1. The molecule has 0 saturated carbocycles. The molecule has 4 heteroatoms.